The number of aliphatic hydroxyl groups is 1. The van der Waals surface area contributed by atoms with Gasteiger partial charge >= 0.3 is 0 Å². The quantitative estimate of drug-likeness (QED) is 0.869. The topological polar surface area (TPSA) is 70.8 Å². The van der Waals surface area contributed by atoms with Crippen molar-refractivity contribution >= 4 is 11.6 Å². The number of fused-ring (bicyclic) bond motifs is 1. The predicted octanol–water partition coefficient (Wildman–Crippen LogP) is 0.808. The average molecular weight is 259 g/mol. The van der Waals surface area contributed by atoms with Gasteiger partial charge in [0.1, 0.15) is 5.76 Å². The van der Waals surface area contributed by atoms with Crippen molar-refractivity contribution < 1.29 is 19.1 Å². The van der Waals surface area contributed by atoms with Gasteiger partial charge in [-0.05, 0) is 12.1 Å². The minimum absolute atomic E-state index is 0.0984. The molecule has 0 spiro atoms. The summed E-state index contributed by atoms with van der Waals surface area (Å²) in [4.78, 5) is 25.8. The van der Waals surface area contributed by atoms with Gasteiger partial charge in [-0.25, -0.2) is 0 Å². The molecular weight excluding hydrogens is 246 g/mol. The van der Waals surface area contributed by atoms with Gasteiger partial charge < -0.3 is 14.4 Å². The zero-order valence-electron chi connectivity index (χ0n) is 10.2. The van der Waals surface area contributed by atoms with Crippen molar-refractivity contribution in [2.45, 2.75) is 18.9 Å². The van der Waals surface area contributed by atoms with Gasteiger partial charge in [-0.1, -0.05) is 0 Å². The number of rotatable bonds is 3. The summed E-state index contributed by atoms with van der Waals surface area (Å²) < 4.78 is 5.24. The van der Waals surface area contributed by atoms with Crippen LogP contribution in [-0.4, -0.2) is 34.2 Å². The summed E-state index contributed by atoms with van der Waals surface area (Å²) in [7, 11) is 0. The van der Waals surface area contributed by atoms with Crippen LogP contribution >= 0.6 is 0 Å². The molecule has 5 nitrogen and oxygen atoms in total. The Labute approximate surface area is 109 Å². The summed E-state index contributed by atoms with van der Waals surface area (Å²) in [5, 5.41) is 9.30. The monoisotopic (exact) mass is 259 g/mol. The van der Waals surface area contributed by atoms with E-state index in [-0.39, 0.29) is 30.6 Å². The lowest BCUT2D eigenvalue weighted by atomic mass is 9.92. The van der Waals surface area contributed by atoms with Crippen LogP contribution in [0.4, 0.5) is 0 Å². The molecule has 0 radical (unpaired) electrons. The van der Waals surface area contributed by atoms with E-state index in [0.717, 1.165) is 0 Å². The molecule has 98 valence electrons. The average Bonchev–Trinajstić information content (AvgIpc) is 3.02. The van der Waals surface area contributed by atoms with Crippen LogP contribution in [0.1, 0.15) is 12.2 Å². The number of aliphatic hydroxyl groups excluding tert-OH is 1. The molecule has 0 saturated heterocycles. The van der Waals surface area contributed by atoms with E-state index in [9.17, 15) is 14.7 Å². The molecular formula is C14H13NO4. The zero-order valence-corrected chi connectivity index (χ0v) is 10.2. The second kappa shape index (κ2) is 4.51. The third-order valence-corrected chi connectivity index (χ3v) is 3.46. The molecule has 2 aliphatic rings. The first-order valence-electron chi connectivity index (χ1n) is 6.11. The highest BCUT2D eigenvalue weighted by Gasteiger charge is 2.37. The Balaban J connectivity index is 2.01. The largest absolute Gasteiger partial charge is 0.469 e. The first-order valence-corrected chi connectivity index (χ1v) is 6.11. The molecule has 1 atom stereocenters. The first kappa shape index (κ1) is 11.9. The Hall–Kier alpha value is -2.14. The highest BCUT2D eigenvalue weighted by Crippen LogP contribution is 2.31. The number of nitrogens with zero attached hydrogens (tertiary/aromatic N) is 1. The number of furan rings is 1. The minimum atomic E-state index is -0.342. The molecule has 3 heterocycles. The summed E-state index contributed by atoms with van der Waals surface area (Å²) in [5.74, 6) is 0.366. The molecule has 1 aromatic rings. The normalized spacial score (nSPS) is 22.4. The predicted molar refractivity (Wildman–Crippen MR) is 65.9 cm³/mol. The Bertz CT molecular complexity index is 583. The molecule has 1 N–H and O–H groups in total. The number of ketones is 2. The standard InChI is InChI=1S/C14H13NO4/c16-8-9-6-13(18)11(7-10-2-1-5-19-10)14-12(17)3-4-15(9)14/h1-5,9,16H,6-8H2. The number of allylic oxidation sites excluding steroid dienone is 2. The molecule has 2 aliphatic heterocycles. The van der Waals surface area contributed by atoms with Gasteiger partial charge in [-0.3, -0.25) is 9.59 Å². The molecule has 0 bridgehead atoms. The fraction of sp³-hybridized carbons (Fsp3) is 0.286. The lowest BCUT2D eigenvalue weighted by molar-refractivity contribution is -0.120. The fourth-order valence-corrected chi connectivity index (χ4v) is 2.53. The smallest absolute Gasteiger partial charge is 0.204 e. The van der Waals surface area contributed by atoms with Gasteiger partial charge in [0.25, 0.3) is 0 Å². The van der Waals surface area contributed by atoms with Gasteiger partial charge in [0.05, 0.1) is 24.6 Å². The first-order chi connectivity index (χ1) is 9.20. The van der Waals surface area contributed by atoms with Crippen molar-refractivity contribution in [2.24, 2.45) is 0 Å². The fourth-order valence-electron chi connectivity index (χ4n) is 2.53. The van der Waals surface area contributed by atoms with Gasteiger partial charge in [0.15, 0.2) is 5.78 Å². The van der Waals surface area contributed by atoms with E-state index in [0.29, 0.717) is 23.5 Å². The molecule has 5 heteroatoms. The van der Waals surface area contributed by atoms with E-state index in [4.69, 9.17) is 4.42 Å². The van der Waals surface area contributed by atoms with Crippen LogP contribution in [0.15, 0.2) is 46.4 Å². The Morgan fingerprint density at radius 2 is 2.26 bits per heavy atom. The second-order valence-corrected chi connectivity index (χ2v) is 4.63. The summed E-state index contributed by atoms with van der Waals surface area (Å²) in [6.45, 7) is -0.152. The molecule has 19 heavy (non-hydrogen) atoms. The molecule has 1 unspecified atom stereocenters. The molecule has 1 aromatic heterocycles. The number of carbonyl (C=O) groups is 2. The molecule has 0 amide bonds. The van der Waals surface area contributed by atoms with Crippen LogP contribution in [-0.2, 0) is 16.0 Å². The van der Waals surface area contributed by atoms with Crippen LogP contribution in [0.3, 0.4) is 0 Å². The van der Waals surface area contributed by atoms with E-state index < -0.39 is 0 Å². The van der Waals surface area contributed by atoms with Crippen LogP contribution in [0, 0.1) is 0 Å². The highest BCUT2D eigenvalue weighted by atomic mass is 16.3. The third kappa shape index (κ3) is 1.92. The number of carbonyl (C=O) groups excluding carboxylic acids is 2. The zero-order chi connectivity index (χ0) is 13.4. The van der Waals surface area contributed by atoms with E-state index in [1.807, 2.05) is 0 Å². The molecule has 0 fully saturated rings. The minimum Gasteiger partial charge on any atom is -0.469 e. The maximum Gasteiger partial charge on any atom is 0.204 e. The maximum atomic E-state index is 12.2. The van der Waals surface area contributed by atoms with Crippen molar-refractivity contribution in [3.63, 3.8) is 0 Å². The van der Waals surface area contributed by atoms with E-state index in [2.05, 4.69) is 0 Å². The van der Waals surface area contributed by atoms with Gasteiger partial charge in [-0.15, -0.1) is 0 Å². The lowest BCUT2D eigenvalue weighted by Gasteiger charge is -2.32. The molecule has 0 saturated carbocycles. The van der Waals surface area contributed by atoms with E-state index in [1.54, 1.807) is 23.2 Å². The van der Waals surface area contributed by atoms with Crippen molar-refractivity contribution in [3.8, 4) is 0 Å². The maximum absolute atomic E-state index is 12.2. The highest BCUT2D eigenvalue weighted by molar-refractivity contribution is 6.13. The summed E-state index contributed by atoms with van der Waals surface area (Å²) in [6.07, 6.45) is 5.12. The van der Waals surface area contributed by atoms with Gasteiger partial charge in [0, 0.05) is 30.7 Å². The van der Waals surface area contributed by atoms with E-state index >= 15 is 0 Å². The van der Waals surface area contributed by atoms with E-state index in [1.165, 1.54) is 12.3 Å². The summed E-state index contributed by atoms with van der Waals surface area (Å²) in [5.41, 5.74) is 0.848. The van der Waals surface area contributed by atoms with Crippen LogP contribution in [0.2, 0.25) is 0 Å². The second-order valence-electron chi connectivity index (χ2n) is 4.63. The van der Waals surface area contributed by atoms with Crippen LogP contribution in [0.5, 0.6) is 0 Å². The van der Waals surface area contributed by atoms with Crippen LogP contribution in [0.25, 0.3) is 0 Å². The van der Waals surface area contributed by atoms with Gasteiger partial charge in [-0.2, -0.15) is 0 Å². The SMILES string of the molecule is O=C1C=CN2C1=C(Cc1ccco1)C(=O)CC2CO. The van der Waals surface area contributed by atoms with Crippen molar-refractivity contribution in [2.75, 3.05) is 6.61 Å². The lowest BCUT2D eigenvalue weighted by Crippen LogP contribution is -2.40. The number of Topliss-reactive ketones (excluding diaryl/α,β-unsaturated/α-hetero) is 1. The number of hydrogen-bond donors (Lipinski definition) is 1. The summed E-state index contributed by atoms with van der Waals surface area (Å²) >= 11 is 0. The van der Waals surface area contributed by atoms with Crippen molar-refractivity contribution in [1.82, 2.24) is 4.90 Å². The Morgan fingerprint density at radius 1 is 1.42 bits per heavy atom. The summed E-state index contributed by atoms with van der Waals surface area (Å²) in [6, 6.07) is 3.18. The van der Waals surface area contributed by atoms with Crippen molar-refractivity contribution in [1.29, 1.82) is 0 Å². The number of hydrogen-bond acceptors (Lipinski definition) is 5. The van der Waals surface area contributed by atoms with Crippen molar-refractivity contribution in [3.05, 3.63) is 47.7 Å². The van der Waals surface area contributed by atoms with Gasteiger partial charge in [0.2, 0.25) is 5.78 Å². The molecule has 0 aromatic carbocycles. The molecule has 0 aliphatic carbocycles. The third-order valence-electron chi connectivity index (χ3n) is 3.46. The molecule has 3 rings (SSSR count). The Kier molecular flexibility index (Phi) is 2.83. The van der Waals surface area contributed by atoms with Crippen LogP contribution < -0.4 is 0 Å². The Morgan fingerprint density at radius 3 is 2.95 bits per heavy atom.